The zero-order valence-corrected chi connectivity index (χ0v) is 6.23. The van der Waals surface area contributed by atoms with E-state index in [0.29, 0.717) is 0 Å². The Bertz CT molecular complexity index is 474. The molecule has 0 radical (unpaired) electrons. The zero-order chi connectivity index (χ0) is 7.97. The van der Waals surface area contributed by atoms with Gasteiger partial charge in [0.25, 0.3) is 0 Å². The van der Waals surface area contributed by atoms with E-state index in [4.69, 9.17) is 0 Å². The van der Waals surface area contributed by atoms with Gasteiger partial charge in [-0.1, -0.05) is 0 Å². The molecular formula is C9H5N3. The number of aliphatic imine (C=N–C) groups is 2. The third kappa shape index (κ3) is 0.625. The molecule has 2 aliphatic rings. The summed E-state index contributed by atoms with van der Waals surface area (Å²) in [6, 6.07) is 4.01. The highest BCUT2D eigenvalue weighted by Gasteiger charge is 2.04. The van der Waals surface area contributed by atoms with Crippen LogP contribution in [0.4, 0.5) is 5.69 Å². The van der Waals surface area contributed by atoms with E-state index in [9.17, 15) is 0 Å². The van der Waals surface area contributed by atoms with Crippen LogP contribution in [0.3, 0.4) is 0 Å². The Morgan fingerprint density at radius 1 is 1.17 bits per heavy atom. The molecule has 0 aromatic heterocycles. The van der Waals surface area contributed by atoms with Gasteiger partial charge in [0.2, 0.25) is 0 Å². The van der Waals surface area contributed by atoms with Crippen LogP contribution in [-0.2, 0) is 0 Å². The lowest BCUT2D eigenvalue weighted by Gasteiger charge is -1.90. The Morgan fingerprint density at radius 2 is 2.17 bits per heavy atom. The molecule has 1 aromatic carbocycles. The predicted octanol–water partition coefficient (Wildman–Crippen LogP) is 0.150. The summed E-state index contributed by atoms with van der Waals surface area (Å²) in [4.78, 5) is 12.3. The SMILES string of the molecule is C1=NC=c2cc3c(cc21)=NC=N3. The number of rotatable bonds is 0. The van der Waals surface area contributed by atoms with E-state index < -0.39 is 0 Å². The second kappa shape index (κ2) is 1.88. The second-order valence-corrected chi connectivity index (χ2v) is 2.75. The maximum Gasteiger partial charge on any atom is 0.116 e. The lowest BCUT2D eigenvalue weighted by atomic mass is 10.2. The highest BCUT2D eigenvalue weighted by molar-refractivity contribution is 5.86. The minimum absolute atomic E-state index is 0.940. The van der Waals surface area contributed by atoms with Gasteiger partial charge in [-0.15, -0.1) is 0 Å². The lowest BCUT2D eigenvalue weighted by Crippen LogP contribution is -2.11. The molecule has 0 bridgehead atoms. The summed E-state index contributed by atoms with van der Waals surface area (Å²) >= 11 is 0. The Kier molecular flexibility index (Phi) is 0.913. The molecule has 1 aromatic rings. The molecule has 0 saturated carbocycles. The fraction of sp³-hybridized carbons (Fsp3) is 0. The summed E-state index contributed by atoms with van der Waals surface area (Å²) in [5.41, 5.74) is 2.07. The van der Waals surface area contributed by atoms with Gasteiger partial charge in [-0.05, 0) is 12.1 Å². The van der Waals surface area contributed by atoms with E-state index in [1.165, 1.54) is 0 Å². The van der Waals surface area contributed by atoms with Crippen molar-refractivity contribution in [3.05, 3.63) is 28.3 Å². The van der Waals surface area contributed by atoms with Crippen LogP contribution in [0, 0.1) is 0 Å². The summed E-state index contributed by atoms with van der Waals surface area (Å²) in [6.07, 6.45) is 5.25. The Balaban J connectivity index is 2.50. The van der Waals surface area contributed by atoms with Crippen molar-refractivity contribution in [3.63, 3.8) is 0 Å². The predicted molar refractivity (Wildman–Crippen MR) is 47.4 cm³/mol. The van der Waals surface area contributed by atoms with E-state index in [2.05, 4.69) is 15.0 Å². The van der Waals surface area contributed by atoms with Gasteiger partial charge in [0, 0.05) is 23.2 Å². The highest BCUT2D eigenvalue weighted by atomic mass is 14.9. The van der Waals surface area contributed by atoms with Crippen molar-refractivity contribution < 1.29 is 0 Å². The fourth-order valence-electron chi connectivity index (χ4n) is 1.39. The van der Waals surface area contributed by atoms with Crippen molar-refractivity contribution in [1.82, 2.24) is 0 Å². The van der Waals surface area contributed by atoms with E-state index in [-0.39, 0.29) is 0 Å². The van der Waals surface area contributed by atoms with Crippen molar-refractivity contribution in [2.45, 2.75) is 0 Å². The van der Waals surface area contributed by atoms with Gasteiger partial charge >= 0.3 is 0 Å². The molecule has 2 heterocycles. The van der Waals surface area contributed by atoms with Gasteiger partial charge in [0.15, 0.2) is 0 Å². The molecule has 0 saturated heterocycles. The van der Waals surface area contributed by atoms with E-state index in [0.717, 1.165) is 21.8 Å². The third-order valence-corrected chi connectivity index (χ3v) is 2.00. The van der Waals surface area contributed by atoms with E-state index in [1.807, 2.05) is 24.5 Å². The minimum atomic E-state index is 0.940. The molecule has 0 amide bonds. The van der Waals surface area contributed by atoms with Crippen LogP contribution in [0.25, 0.3) is 6.20 Å². The van der Waals surface area contributed by atoms with Gasteiger partial charge in [-0.25, -0.2) is 9.98 Å². The quantitative estimate of drug-likeness (QED) is 0.511. The maximum absolute atomic E-state index is 4.11. The summed E-state index contributed by atoms with van der Waals surface area (Å²) in [5.74, 6) is 0. The van der Waals surface area contributed by atoms with E-state index >= 15 is 0 Å². The fourth-order valence-corrected chi connectivity index (χ4v) is 1.39. The molecule has 0 spiro atoms. The minimum Gasteiger partial charge on any atom is -0.263 e. The average molecular weight is 155 g/mol. The monoisotopic (exact) mass is 155 g/mol. The van der Waals surface area contributed by atoms with Crippen LogP contribution in [0.5, 0.6) is 0 Å². The first-order valence-electron chi connectivity index (χ1n) is 3.71. The van der Waals surface area contributed by atoms with Crippen LogP contribution >= 0.6 is 0 Å². The van der Waals surface area contributed by atoms with Crippen LogP contribution in [0.1, 0.15) is 5.56 Å². The topological polar surface area (TPSA) is 37.1 Å². The van der Waals surface area contributed by atoms with Crippen LogP contribution < -0.4 is 10.6 Å². The largest absolute Gasteiger partial charge is 0.263 e. The maximum atomic E-state index is 4.11. The van der Waals surface area contributed by atoms with Gasteiger partial charge in [0.1, 0.15) is 6.34 Å². The Hall–Kier alpha value is -1.77. The first kappa shape index (κ1) is 5.83. The number of hydrogen-bond acceptors (Lipinski definition) is 3. The van der Waals surface area contributed by atoms with Crippen molar-refractivity contribution in [2.75, 3.05) is 0 Å². The molecule has 3 nitrogen and oxygen atoms in total. The molecule has 0 fully saturated rings. The summed E-state index contributed by atoms with van der Waals surface area (Å²) in [5, 5.41) is 2.07. The zero-order valence-electron chi connectivity index (χ0n) is 6.23. The van der Waals surface area contributed by atoms with Crippen molar-refractivity contribution in [1.29, 1.82) is 0 Å². The molecule has 3 rings (SSSR count). The molecular weight excluding hydrogens is 150 g/mol. The van der Waals surface area contributed by atoms with Crippen molar-refractivity contribution in [3.8, 4) is 0 Å². The van der Waals surface area contributed by atoms with Crippen LogP contribution in [0.2, 0.25) is 0 Å². The standard InChI is InChI=1S/C9H5N3/c1-6-3-10-4-7(6)2-9-8(1)11-5-12-9/h1-5H. The molecule has 0 atom stereocenters. The molecule has 0 N–H and O–H groups in total. The summed E-state index contributed by atoms with van der Waals surface area (Å²) in [7, 11) is 0. The van der Waals surface area contributed by atoms with Crippen molar-refractivity contribution in [2.24, 2.45) is 15.0 Å². The van der Waals surface area contributed by atoms with Gasteiger partial charge < -0.3 is 0 Å². The summed E-state index contributed by atoms with van der Waals surface area (Å²) in [6.45, 7) is 0. The Labute approximate surface area is 68.5 Å². The average Bonchev–Trinajstić information content (AvgIpc) is 2.64. The molecule has 0 unspecified atom stereocenters. The van der Waals surface area contributed by atoms with Gasteiger partial charge in [-0.2, -0.15) is 0 Å². The smallest absolute Gasteiger partial charge is 0.116 e. The van der Waals surface area contributed by atoms with Gasteiger partial charge in [0.05, 0.1) is 11.0 Å². The highest BCUT2D eigenvalue weighted by Crippen LogP contribution is 2.06. The Morgan fingerprint density at radius 3 is 3.17 bits per heavy atom. The van der Waals surface area contributed by atoms with Crippen LogP contribution in [-0.4, -0.2) is 12.6 Å². The molecule has 0 aliphatic carbocycles. The number of fused-ring (bicyclic) bond motifs is 2. The normalized spacial score (nSPS) is 15.3. The summed E-state index contributed by atoms with van der Waals surface area (Å²) < 4.78 is 0. The van der Waals surface area contributed by atoms with E-state index in [1.54, 1.807) is 6.34 Å². The van der Waals surface area contributed by atoms with Crippen LogP contribution in [0.15, 0.2) is 27.1 Å². The first-order chi connectivity index (χ1) is 5.93. The number of nitrogens with zero attached hydrogens (tertiary/aromatic N) is 3. The first-order valence-corrected chi connectivity index (χ1v) is 3.71. The lowest BCUT2D eigenvalue weighted by molar-refractivity contribution is 1.42. The number of hydrogen-bond donors (Lipinski definition) is 0. The second-order valence-electron chi connectivity index (χ2n) is 2.75. The van der Waals surface area contributed by atoms with Crippen molar-refractivity contribution >= 4 is 24.4 Å². The molecule has 2 aliphatic heterocycles. The van der Waals surface area contributed by atoms with Gasteiger partial charge in [-0.3, -0.25) is 4.99 Å². The molecule has 12 heavy (non-hydrogen) atoms. The molecule has 56 valence electrons. The third-order valence-electron chi connectivity index (χ3n) is 2.00. The number of benzene rings is 1. The molecule has 3 heteroatoms.